The van der Waals surface area contributed by atoms with Crippen molar-refractivity contribution in [3.8, 4) is 5.75 Å². The van der Waals surface area contributed by atoms with Crippen molar-refractivity contribution in [3.63, 3.8) is 0 Å². The molecule has 1 aliphatic heterocycles. The summed E-state index contributed by atoms with van der Waals surface area (Å²) in [5.41, 5.74) is 0.539. The van der Waals surface area contributed by atoms with Gasteiger partial charge in [0, 0.05) is 12.1 Å². The molecule has 0 bridgehead atoms. The Kier molecular flexibility index (Phi) is 4.81. The minimum atomic E-state index is -4.72. The molecule has 0 unspecified atom stereocenters. The number of thioether (sulfide) groups is 1. The predicted octanol–water partition coefficient (Wildman–Crippen LogP) is 3.59. The molecule has 128 valence electrons. The number of nitrogens with one attached hydrogen (secondary N) is 1. The highest BCUT2D eigenvalue weighted by Crippen LogP contribution is 2.34. The van der Waals surface area contributed by atoms with Crippen LogP contribution in [0.25, 0.3) is 0 Å². The summed E-state index contributed by atoms with van der Waals surface area (Å²) in [6.07, 6.45) is -4.09. The molecule has 1 atom stereocenters. The molecular formula is C13H10F3N3O3S2. The van der Waals surface area contributed by atoms with Crippen LogP contribution in [0.4, 0.5) is 24.0 Å². The Labute approximate surface area is 142 Å². The minimum absolute atomic E-state index is 0.259. The third-order valence-electron chi connectivity index (χ3n) is 2.88. The Morgan fingerprint density at radius 1 is 1.29 bits per heavy atom. The van der Waals surface area contributed by atoms with E-state index in [0.29, 0.717) is 28.2 Å². The quantitative estimate of drug-likeness (QED) is 0.798. The van der Waals surface area contributed by atoms with Crippen molar-refractivity contribution in [3.05, 3.63) is 24.3 Å². The number of hydrogen-bond donors (Lipinski definition) is 1. The van der Waals surface area contributed by atoms with Gasteiger partial charge in [-0.25, -0.2) is 0 Å². The van der Waals surface area contributed by atoms with Gasteiger partial charge in [0.15, 0.2) is 4.34 Å². The van der Waals surface area contributed by atoms with Crippen molar-refractivity contribution in [2.24, 2.45) is 0 Å². The summed E-state index contributed by atoms with van der Waals surface area (Å²) in [4.78, 5) is 11.4. The van der Waals surface area contributed by atoms with Crippen LogP contribution in [-0.2, 0) is 9.53 Å². The number of benzene rings is 1. The fraction of sp³-hybridized carbons (Fsp3) is 0.308. The fourth-order valence-electron chi connectivity index (χ4n) is 1.88. The third-order valence-corrected chi connectivity index (χ3v) is 5.04. The third kappa shape index (κ3) is 4.51. The summed E-state index contributed by atoms with van der Waals surface area (Å²) in [6, 6.07) is 5.26. The Balaban J connectivity index is 1.59. The number of carbonyl (C=O) groups excluding carboxylic acids is 1. The second-order valence-corrected chi connectivity index (χ2v) is 7.06. The molecule has 0 saturated carbocycles. The fourth-order valence-corrected chi connectivity index (χ4v) is 3.86. The molecule has 0 aliphatic carbocycles. The number of nitrogens with zero attached hydrogens (tertiary/aromatic N) is 2. The van der Waals surface area contributed by atoms with E-state index in [1.807, 2.05) is 0 Å². The van der Waals surface area contributed by atoms with E-state index < -0.39 is 6.36 Å². The lowest BCUT2D eigenvalue weighted by Gasteiger charge is -2.09. The molecule has 3 rings (SSSR count). The van der Waals surface area contributed by atoms with Crippen LogP contribution in [0, 0.1) is 0 Å². The van der Waals surface area contributed by atoms with E-state index in [2.05, 4.69) is 20.3 Å². The zero-order valence-corrected chi connectivity index (χ0v) is 13.5. The average Bonchev–Trinajstić information content (AvgIpc) is 3.10. The summed E-state index contributed by atoms with van der Waals surface area (Å²) >= 11 is 2.53. The molecule has 1 aromatic heterocycles. The van der Waals surface area contributed by atoms with Gasteiger partial charge in [0.25, 0.3) is 0 Å². The lowest BCUT2D eigenvalue weighted by molar-refractivity contribution is -0.274. The Morgan fingerprint density at radius 2 is 2.04 bits per heavy atom. The summed E-state index contributed by atoms with van der Waals surface area (Å²) in [5, 5.41) is 11.0. The van der Waals surface area contributed by atoms with E-state index in [0.717, 1.165) is 0 Å². The molecule has 24 heavy (non-hydrogen) atoms. The predicted molar refractivity (Wildman–Crippen MR) is 81.5 cm³/mol. The average molecular weight is 377 g/mol. The first-order valence-corrected chi connectivity index (χ1v) is 8.38. The van der Waals surface area contributed by atoms with Crippen LogP contribution in [0.1, 0.15) is 6.42 Å². The maximum absolute atomic E-state index is 12.1. The molecule has 1 saturated heterocycles. The van der Waals surface area contributed by atoms with Crippen LogP contribution in [0.15, 0.2) is 28.6 Å². The van der Waals surface area contributed by atoms with Gasteiger partial charge < -0.3 is 14.8 Å². The van der Waals surface area contributed by atoms with E-state index in [-0.39, 0.29) is 17.0 Å². The van der Waals surface area contributed by atoms with Gasteiger partial charge in [-0.15, -0.1) is 23.4 Å². The highest BCUT2D eigenvalue weighted by atomic mass is 32.2. The second kappa shape index (κ2) is 6.85. The number of alkyl halides is 3. The normalized spacial score (nSPS) is 17.6. The van der Waals surface area contributed by atoms with Gasteiger partial charge in [0.1, 0.15) is 11.0 Å². The number of aromatic nitrogens is 2. The molecule has 1 aromatic carbocycles. The molecule has 1 fully saturated rings. The van der Waals surface area contributed by atoms with E-state index >= 15 is 0 Å². The van der Waals surface area contributed by atoms with Crippen molar-refractivity contribution in [1.29, 1.82) is 0 Å². The molecule has 1 aliphatic rings. The van der Waals surface area contributed by atoms with Gasteiger partial charge in [-0.05, 0) is 24.3 Å². The number of halogens is 3. The number of cyclic esters (lactones) is 1. The Hall–Kier alpha value is -2.01. The molecule has 6 nitrogen and oxygen atoms in total. The minimum Gasteiger partial charge on any atom is -0.465 e. The second-order valence-electron chi connectivity index (χ2n) is 4.63. The van der Waals surface area contributed by atoms with E-state index in [4.69, 9.17) is 4.74 Å². The van der Waals surface area contributed by atoms with Crippen molar-refractivity contribution in [1.82, 2.24) is 10.2 Å². The number of rotatable bonds is 5. The molecule has 11 heteroatoms. The van der Waals surface area contributed by atoms with Crippen LogP contribution in [0.2, 0.25) is 0 Å². The number of ether oxygens (including phenoxy) is 2. The highest BCUT2D eigenvalue weighted by molar-refractivity contribution is 8.02. The van der Waals surface area contributed by atoms with Crippen molar-refractivity contribution in [2.45, 2.75) is 22.4 Å². The first kappa shape index (κ1) is 16.8. The zero-order chi connectivity index (χ0) is 17.2. The van der Waals surface area contributed by atoms with E-state index in [1.54, 1.807) is 0 Å². The van der Waals surface area contributed by atoms with Gasteiger partial charge in [-0.2, -0.15) is 0 Å². The van der Waals surface area contributed by atoms with Crippen molar-refractivity contribution < 1.29 is 27.4 Å². The highest BCUT2D eigenvalue weighted by Gasteiger charge is 2.31. The number of anilines is 2. The van der Waals surface area contributed by atoms with E-state index in [1.165, 1.54) is 47.4 Å². The van der Waals surface area contributed by atoms with Crippen LogP contribution < -0.4 is 10.1 Å². The SMILES string of the molecule is O=C1OCC[C@H]1Sc1nnc(Nc2ccc(OC(F)(F)F)cc2)s1. The van der Waals surface area contributed by atoms with Crippen molar-refractivity contribution in [2.75, 3.05) is 11.9 Å². The Bertz CT molecular complexity index is 721. The lowest BCUT2D eigenvalue weighted by atomic mass is 10.3. The smallest absolute Gasteiger partial charge is 0.465 e. The van der Waals surface area contributed by atoms with Gasteiger partial charge in [0.05, 0.1) is 6.61 Å². The van der Waals surface area contributed by atoms with Gasteiger partial charge in [-0.3, -0.25) is 4.79 Å². The molecule has 0 radical (unpaired) electrons. The lowest BCUT2D eigenvalue weighted by Crippen LogP contribution is -2.16. The summed E-state index contributed by atoms with van der Waals surface area (Å²) in [7, 11) is 0. The molecule has 0 amide bonds. The topological polar surface area (TPSA) is 73.3 Å². The maximum Gasteiger partial charge on any atom is 0.573 e. The van der Waals surface area contributed by atoms with Gasteiger partial charge >= 0.3 is 12.3 Å². The number of esters is 1. The maximum atomic E-state index is 12.1. The van der Waals surface area contributed by atoms with Crippen LogP contribution in [-0.4, -0.2) is 34.4 Å². The molecule has 2 aromatic rings. The molecular weight excluding hydrogens is 367 g/mol. The molecule has 1 N–H and O–H groups in total. The molecule has 0 spiro atoms. The van der Waals surface area contributed by atoms with Crippen LogP contribution >= 0.6 is 23.1 Å². The summed E-state index contributed by atoms with van der Waals surface area (Å²) in [5.74, 6) is -0.564. The standard InChI is InChI=1S/C13H10F3N3O3S2/c14-13(15,16)22-8-3-1-7(2-4-8)17-11-18-19-12(24-11)23-9-5-6-21-10(9)20/h1-4,9H,5-6H2,(H,17,18)/t9-/m1/s1. The van der Waals surface area contributed by atoms with Crippen LogP contribution in [0.5, 0.6) is 5.75 Å². The molecule has 2 heterocycles. The summed E-state index contributed by atoms with van der Waals surface area (Å²) < 4.78 is 45.6. The van der Waals surface area contributed by atoms with Crippen LogP contribution in [0.3, 0.4) is 0 Å². The first-order valence-electron chi connectivity index (χ1n) is 6.69. The zero-order valence-electron chi connectivity index (χ0n) is 11.9. The number of carbonyl (C=O) groups is 1. The summed E-state index contributed by atoms with van der Waals surface area (Å²) in [6.45, 7) is 0.409. The van der Waals surface area contributed by atoms with E-state index in [9.17, 15) is 18.0 Å². The Morgan fingerprint density at radius 3 is 2.67 bits per heavy atom. The monoisotopic (exact) mass is 377 g/mol. The first-order chi connectivity index (χ1) is 11.4. The van der Waals surface area contributed by atoms with Crippen molar-refractivity contribution >= 4 is 39.9 Å². The van der Waals surface area contributed by atoms with Gasteiger partial charge in [0.2, 0.25) is 5.13 Å². The number of hydrogen-bond acceptors (Lipinski definition) is 8. The largest absolute Gasteiger partial charge is 0.573 e. The van der Waals surface area contributed by atoms with Gasteiger partial charge in [-0.1, -0.05) is 23.1 Å².